The Morgan fingerprint density at radius 1 is 1.08 bits per heavy atom. The van der Waals surface area contributed by atoms with Crippen LogP contribution in [0.4, 0.5) is 0 Å². The number of carbonyl (C=O) groups is 1. The highest BCUT2D eigenvalue weighted by atomic mass is 16.2. The maximum atomic E-state index is 13.0. The largest absolute Gasteiger partial charge is 0.338 e. The number of carbonyl (C=O) groups excluding carboxylic acids is 1. The third kappa shape index (κ3) is 3.01. The summed E-state index contributed by atoms with van der Waals surface area (Å²) in [4.78, 5) is 22.2. The number of hydrogen-bond acceptors (Lipinski definition) is 3. The van der Waals surface area contributed by atoms with E-state index in [0.29, 0.717) is 24.5 Å². The van der Waals surface area contributed by atoms with Gasteiger partial charge in [-0.15, -0.1) is 0 Å². The fourth-order valence-corrected chi connectivity index (χ4v) is 5.40. The van der Waals surface area contributed by atoms with Crippen molar-refractivity contribution in [3.8, 4) is 0 Å². The highest BCUT2D eigenvalue weighted by molar-refractivity contribution is 5.78. The van der Waals surface area contributed by atoms with Crippen molar-refractivity contribution in [3.63, 3.8) is 0 Å². The second kappa shape index (κ2) is 6.42. The molecule has 136 valence electrons. The van der Waals surface area contributed by atoms with Crippen molar-refractivity contribution in [3.05, 3.63) is 17.7 Å². The molecule has 0 aromatic carbocycles. The van der Waals surface area contributed by atoms with Crippen molar-refractivity contribution in [2.24, 2.45) is 5.92 Å². The van der Waals surface area contributed by atoms with Crippen LogP contribution in [-0.2, 0) is 17.8 Å². The predicted molar refractivity (Wildman–Crippen MR) is 96.2 cm³/mol. The molecule has 2 saturated carbocycles. The summed E-state index contributed by atoms with van der Waals surface area (Å²) >= 11 is 0. The minimum atomic E-state index is 0.363. The maximum Gasteiger partial charge on any atom is 0.237 e. The molecule has 5 rings (SSSR count). The summed E-state index contributed by atoms with van der Waals surface area (Å²) in [5.74, 6) is 1.13. The molecule has 3 heterocycles. The molecule has 0 radical (unpaired) electrons. The third-order valence-corrected chi connectivity index (χ3v) is 6.88. The van der Waals surface area contributed by atoms with Crippen molar-refractivity contribution in [2.75, 3.05) is 19.6 Å². The zero-order valence-electron chi connectivity index (χ0n) is 15.2. The third-order valence-electron chi connectivity index (χ3n) is 6.88. The molecule has 5 heteroatoms. The zero-order chi connectivity index (χ0) is 16.8. The lowest BCUT2D eigenvalue weighted by Crippen LogP contribution is -2.52. The first-order chi connectivity index (χ1) is 12.3. The number of imidazole rings is 1. The summed E-state index contributed by atoms with van der Waals surface area (Å²) in [6.07, 6.45) is 13.5. The molecule has 1 aromatic heterocycles. The van der Waals surface area contributed by atoms with E-state index < -0.39 is 0 Å². The Balaban J connectivity index is 1.23. The van der Waals surface area contributed by atoms with Gasteiger partial charge in [0.05, 0.1) is 18.6 Å². The highest BCUT2D eigenvalue weighted by Crippen LogP contribution is 2.38. The van der Waals surface area contributed by atoms with Gasteiger partial charge in [0.25, 0.3) is 0 Å². The monoisotopic (exact) mass is 342 g/mol. The van der Waals surface area contributed by atoms with Crippen molar-refractivity contribution in [1.82, 2.24) is 19.4 Å². The predicted octanol–water partition coefficient (Wildman–Crippen LogP) is 2.76. The molecule has 1 amide bonds. The van der Waals surface area contributed by atoms with Gasteiger partial charge in [0.15, 0.2) is 0 Å². The molecule has 0 spiro atoms. The SMILES string of the molecule is O=C(CN1CCc2c(ncn2C2CC2)C1)N1CCC[C@@H]2CCCC[C@H]21. The van der Waals surface area contributed by atoms with Gasteiger partial charge in [-0.05, 0) is 44.4 Å². The molecule has 0 bridgehead atoms. The fraction of sp³-hybridized carbons (Fsp3) is 0.800. The number of aromatic nitrogens is 2. The Kier molecular flexibility index (Phi) is 4.07. The van der Waals surface area contributed by atoms with Crippen LogP contribution in [-0.4, -0.2) is 50.9 Å². The molecule has 25 heavy (non-hydrogen) atoms. The van der Waals surface area contributed by atoms with Gasteiger partial charge in [-0.3, -0.25) is 9.69 Å². The fourth-order valence-electron chi connectivity index (χ4n) is 5.40. The lowest BCUT2D eigenvalue weighted by Gasteiger charge is -2.44. The summed E-state index contributed by atoms with van der Waals surface area (Å²) in [7, 11) is 0. The highest BCUT2D eigenvalue weighted by Gasteiger charge is 2.36. The van der Waals surface area contributed by atoms with E-state index in [-0.39, 0.29) is 0 Å². The number of piperidine rings is 1. The van der Waals surface area contributed by atoms with Crippen LogP contribution in [0.1, 0.15) is 68.8 Å². The number of fused-ring (bicyclic) bond motifs is 2. The van der Waals surface area contributed by atoms with Gasteiger partial charge < -0.3 is 9.47 Å². The van der Waals surface area contributed by atoms with Crippen LogP contribution in [0.15, 0.2) is 6.33 Å². The Morgan fingerprint density at radius 2 is 1.92 bits per heavy atom. The van der Waals surface area contributed by atoms with Crippen LogP contribution in [0.5, 0.6) is 0 Å². The summed E-state index contributed by atoms with van der Waals surface area (Å²) in [6.45, 7) is 3.41. The lowest BCUT2D eigenvalue weighted by atomic mass is 9.78. The van der Waals surface area contributed by atoms with E-state index in [1.807, 2.05) is 6.33 Å². The van der Waals surface area contributed by atoms with Crippen LogP contribution in [0.25, 0.3) is 0 Å². The lowest BCUT2D eigenvalue weighted by molar-refractivity contribution is -0.139. The van der Waals surface area contributed by atoms with E-state index in [4.69, 9.17) is 0 Å². The first-order valence-electron chi connectivity index (χ1n) is 10.4. The molecule has 0 unspecified atom stereocenters. The maximum absolute atomic E-state index is 13.0. The Bertz CT molecular complexity index is 648. The van der Waals surface area contributed by atoms with Crippen molar-refractivity contribution < 1.29 is 4.79 Å². The number of nitrogens with zero attached hydrogens (tertiary/aromatic N) is 4. The molecular weight excluding hydrogens is 312 g/mol. The van der Waals surface area contributed by atoms with E-state index in [2.05, 4.69) is 19.4 Å². The zero-order valence-corrected chi connectivity index (χ0v) is 15.2. The molecule has 5 nitrogen and oxygen atoms in total. The van der Waals surface area contributed by atoms with E-state index in [0.717, 1.165) is 32.0 Å². The summed E-state index contributed by atoms with van der Waals surface area (Å²) < 4.78 is 2.39. The van der Waals surface area contributed by atoms with E-state index in [1.165, 1.54) is 62.8 Å². The first kappa shape index (κ1) is 15.9. The quantitative estimate of drug-likeness (QED) is 0.848. The average molecular weight is 342 g/mol. The number of amides is 1. The van der Waals surface area contributed by atoms with Crippen molar-refractivity contribution >= 4 is 5.91 Å². The van der Waals surface area contributed by atoms with Gasteiger partial charge >= 0.3 is 0 Å². The average Bonchev–Trinajstić information content (AvgIpc) is 3.40. The number of hydrogen-bond donors (Lipinski definition) is 0. The van der Waals surface area contributed by atoms with Gasteiger partial charge in [0.2, 0.25) is 5.91 Å². The topological polar surface area (TPSA) is 41.4 Å². The molecular formula is C20H30N4O. The molecule has 2 aliphatic carbocycles. The van der Waals surface area contributed by atoms with Crippen LogP contribution in [0.2, 0.25) is 0 Å². The number of rotatable bonds is 3. The Morgan fingerprint density at radius 3 is 2.80 bits per heavy atom. The molecule has 0 N–H and O–H groups in total. The van der Waals surface area contributed by atoms with Crippen LogP contribution in [0.3, 0.4) is 0 Å². The molecule has 2 aliphatic heterocycles. The van der Waals surface area contributed by atoms with Gasteiger partial charge in [-0.25, -0.2) is 4.98 Å². The van der Waals surface area contributed by atoms with Crippen LogP contribution < -0.4 is 0 Å². The second-order valence-corrected chi connectivity index (χ2v) is 8.58. The molecule has 2 atom stereocenters. The minimum Gasteiger partial charge on any atom is -0.338 e. The molecule has 3 fully saturated rings. The minimum absolute atomic E-state index is 0.363. The van der Waals surface area contributed by atoms with Gasteiger partial charge in [-0.1, -0.05) is 12.8 Å². The summed E-state index contributed by atoms with van der Waals surface area (Å²) in [5.41, 5.74) is 2.64. The van der Waals surface area contributed by atoms with E-state index >= 15 is 0 Å². The van der Waals surface area contributed by atoms with Crippen molar-refractivity contribution in [1.29, 1.82) is 0 Å². The van der Waals surface area contributed by atoms with Crippen molar-refractivity contribution in [2.45, 2.75) is 76.4 Å². The van der Waals surface area contributed by atoms with Gasteiger partial charge in [0, 0.05) is 43.8 Å². The standard InChI is InChI=1S/C20H30N4O/c25-20(23-10-3-5-15-4-1-2-6-18(15)23)13-22-11-9-19-17(12-22)21-14-24(19)16-7-8-16/h14-16,18H,1-13H2/t15-,18+/m0/s1. The molecule has 4 aliphatic rings. The second-order valence-electron chi connectivity index (χ2n) is 8.58. The Hall–Kier alpha value is -1.36. The van der Waals surface area contributed by atoms with Gasteiger partial charge in [0.1, 0.15) is 0 Å². The van der Waals surface area contributed by atoms with E-state index in [1.54, 1.807) is 0 Å². The normalized spacial score (nSPS) is 30.0. The number of likely N-dealkylation sites (tertiary alicyclic amines) is 1. The van der Waals surface area contributed by atoms with Crippen LogP contribution in [0, 0.1) is 5.92 Å². The molecule has 1 aromatic rings. The van der Waals surface area contributed by atoms with Crippen LogP contribution >= 0.6 is 0 Å². The smallest absolute Gasteiger partial charge is 0.237 e. The van der Waals surface area contributed by atoms with Gasteiger partial charge in [-0.2, -0.15) is 0 Å². The summed E-state index contributed by atoms with van der Waals surface area (Å²) in [6, 6.07) is 1.24. The van der Waals surface area contributed by atoms with E-state index in [9.17, 15) is 4.79 Å². The Labute approximate surface area is 150 Å². The molecule has 1 saturated heterocycles. The first-order valence-corrected chi connectivity index (χ1v) is 10.4. The summed E-state index contributed by atoms with van der Waals surface area (Å²) in [5, 5.41) is 0.